The third kappa shape index (κ3) is 3.29. The number of hydrogen-bond acceptors (Lipinski definition) is 1. The first-order valence-corrected chi connectivity index (χ1v) is 8.63. The number of hydrogen-bond donors (Lipinski definition) is 1. The zero-order chi connectivity index (χ0) is 14.5. The Morgan fingerprint density at radius 3 is 2.57 bits per heavy atom. The molecule has 0 amide bonds. The number of unbranched alkanes of at least 4 members (excludes halogenated alkanes) is 3. The molecule has 0 saturated carbocycles. The Kier molecular flexibility index (Phi) is 4.92. The van der Waals surface area contributed by atoms with Crippen LogP contribution in [0, 0.1) is 0 Å². The minimum atomic E-state index is 1.10. The molecule has 1 N–H and O–H groups in total. The molecule has 1 aliphatic rings. The summed E-state index contributed by atoms with van der Waals surface area (Å²) in [4.78, 5) is 0. The second-order valence-electron chi connectivity index (χ2n) is 6.24. The van der Waals surface area contributed by atoms with Crippen molar-refractivity contribution in [3.05, 3.63) is 47.0 Å². The van der Waals surface area contributed by atoms with Gasteiger partial charge in [0.05, 0.1) is 0 Å². The number of nitrogens with one attached hydrogen (secondary N) is 1. The van der Waals surface area contributed by atoms with Crippen molar-refractivity contribution in [3.8, 4) is 0 Å². The predicted octanol–water partition coefficient (Wildman–Crippen LogP) is 4.65. The van der Waals surface area contributed by atoms with Gasteiger partial charge in [-0.2, -0.15) is 0 Å². The molecule has 0 bridgehead atoms. The summed E-state index contributed by atoms with van der Waals surface area (Å²) in [7, 11) is 0. The maximum atomic E-state index is 3.40. The zero-order valence-corrected chi connectivity index (χ0v) is 13.3. The van der Waals surface area contributed by atoms with Crippen molar-refractivity contribution in [2.24, 2.45) is 0 Å². The highest BCUT2D eigenvalue weighted by Gasteiger charge is 2.15. The first-order chi connectivity index (χ1) is 10.4. The number of aryl methyl sites for hydroxylation is 3. The lowest BCUT2D eigenvalue weighted by molar-refractivity contribution is 0.598. The van der Waals surface area contributed by atoms with Crippen LogP contribution in [0.1, 0.15) is 49.3 Å². The Bertz CT molecular complexity index is 590. The van der Waals surface area contributed by atoms with E-state index >= 15 is 0 Å². The molecule has 0 spiro atoms. The number of benzene rings is 2. The standard InChI is InChI=1S/C20H27N/c1-2-21-15-6-4-3-5-8-16-11-12-18-14-13-17-9-7-10-19(16)20(17)18/h7,9-12,21H,2-6,8,13-15H2,1H3. The predicted molar refractivity (Wildman–Crippen MR) is 92.1 cm³/mol. The van der Waals surface area contributed by atoms with E-state index in [1.165, 1.54) is 56.9 Å². The lowest BCUT2D eigenvalue weighted by Crippen LogP contribution is -2.13. The summed E-state index contributed by atoms with van der Waals surface area (Å²) in [6.07, 6.45) is 9.06. The molecule has 2 aromatic rings. The Morgan fingerprint density at radius 1 is 0.905 bits per heavy atom. The van der Waals surface area contributed by atoms with Gasteiger partial charge in [0.1, 0.15) is 0 Å². The first kappa shape index (κ1) is 14.6. The van der Waals surface area contributed by atoms with E-state index in [0.717, 1.165) is 6.54 Å². The molecule has 112 valence electrons. The van der Waals surface area contributed by atoms with E-state index in [9.17, 15) is 0 Å². The minimum absolute atomic E-state index is 1.10. The van der Waals surface area contributed by atoms with Gasteiger partial charge in [0.25, 0.3) is 0 Å². The van der Waals surface area contributed by atoms with Crippen LogP contribution in [0.25, 0.3) is 10.8 Å². The summed E-state index contributed by atoms with van der Waals surface area (Å²) in [6, 6.07) is 11.6. The van der Waals surface area contributed by atoms with Gasteiger partial charge in [-0.15, -0.1) is 0 Å². The molecule has 0 aromatic heterocycles. The topological polar surface area (TPSA) is 12.0 Å². The van der Waals surface area contributed by atoms with E-state index in [0.29, 0.717) is 0 Å². The van der Waals surface area contributed by atoms with E-state index in [1.54, 1.807) is 22.1 Å². The molecule has 0 atom stereocenters. The van der Waals surface area contributed by atoms with Crippen LogP contribution in [0.2, 0.25) is 0 Å². The van der Waals surface area contributed by atoms with Crippen molar-refractivity contribution < 1.29 is 0 Å². The summed E-state index contributed by atoms with van der Waals surface area (Å²) in [5.74, 6) is 0. The third-order valence-corrected chi connectivity index (χ3v) is 4.77. The molecule has 1 aliphatic carbocycles. The second-order valence-corrected chi connectivity index (χ2v) is 6.24. The fourth-order valence-electron chi connectivity index (χ4n) is 3.62. The minimum Gasteiger partial charge on any atom is -0.317 e. The molecule has 0 heterocycles. The van der Waals surface area contributed by atoms with E-state index in [1.807, 2.05) is 0 Å². The summed E-state index contributed by atoms with van der Waals surface area (Å²) in [5.41, 5.74) is 4.69. The molecule has 0 radical (unpaired) electrons. The molecule has 0 unspecified atom stereocenters. The normalized spacial score (nSPS) is 13.2. The summed E-state index contributed by atoms with van der Waals surface area (Å²) in [5, 5.41) is 6.50. The van der Waals surface area contributed by atoms with Crippen molar-refractivity contribution in [1.29, 1.82) is 0 Å². The van der Waals surface area contributed by atoms with Gasteiger partial charge in [0.15, 0.2) is 0 Å². The van der Waals surface area contributed by atoms with E-state index in [-0.39, 0.29) is 0 Å². The van der Waals surface area contributed by atoms with Crippen LogP contribution in [-0.4, -0.2) is 13.1 Å². The summed E-state index contributed by atoms with van der Waals surface area (Å²) in [6.45, 7) is 4.45. The largest absolute Gasteiger partial charge is 0.317 e. The Balaban J connectivity index is 1.58. The Hall–Kier alpha value is -1.34. The Morgan fingerprint density at radius 2 is 1.71 bits per heavy atom. The van der Waals surface area contributed by atoms with Crippen LogP contribution in [-0.2, 0) is 19.3 Å². The van der Waals surface area contributed by atoms with Gasteiger partial charge in [-0.25, -0.2) is 0 Å². The average Bonchev–Trinajstić information content (AvgIpc) is 2.93. The lowest BCUT2D eigenvalue weighted by atomic mass is 9.96. The molecule has 1 nitrogen and oxygen atoms in total. The van der Waals surface area contributed by atoms with E-state index < -0.39 is 0 Å². The SMILES string of the molecule is CCNCCCCCCc1ccc2c3c(cccc13)CC2. The van der Waals surface area contributed by atoms with Gasteiger partial charge in [0.2, 0.25) is 0 Å². The fourth-order valence-corrected chi connectivity index (χ4v) is 3.62. The fraction of sp³-hybridized carbons (Fsp3) is 0.500. The van der Waals surface area contributed by atoms with Gasteiger partial charge in [-0.3, -0.25) is 0 Å². The quantitative estimate of drug-likeness (QED) is 0.694. The highest BCUT2D eigenvalue weighted by atomic mass is 14.8. The van der Waals surface area contributed by atoms with Gasteiger partial charge in [-0.05, 0) is 72.7 Å². The number of rotatable bonds is 8. The monoisotopic (exact) mass is 281 g/mol. The van der Waals surface area contributed by atoms with Crippen molar-refractivity contribution >= 4 is 10.8 Å². The molecule has 21 heavy (non-hydrogen) atoms. The van der Waals surface area contributed by atoms with E-state index in [2.05, 4.69) is 42.6 Å². The molecule has 0 fully saturated rings. The lowest BCUT2D eigenvalue weighted by Gasteiger charge is -2.09. The Labute approximate surface area is 128 Å². The van der Waals surface area contributed by atoms with Gasteiger partial charge < -0.3 is 5.32 Å². The smallest absolute Gasteiger partial charge is 0.00490 e. The van der Waals surface area contributed by atoms with Crippen LogP contribution >= 0.6 is 0 Å². The molecule has 0 saturated heterocycles. The van der Waals surface area contributed by atoms with Gasteiger partial charge >= 0.3 is 0 Å². The van der Waals surface area contributed by atoms with Gasteiger partial charge in [0, 0.05) is 0 Å². The van der Waals surface area contributed by atoms with Crippen molar-refractivity contribution in [2.75, 3.05) is 13.1 Å². The molecule has 2 aromatic carbocycles. The maximum Gasteiger partial charge on any atom is -0.00490 e. The average molecular weight is 281 g/mol. The first-order valence-electron chi connectivity index (χ1n) is 8.63. The molecule has 1 heteroatoms. The summed E-state index contributed by atoms with van der Waals surface area (Å²) >= 11 is 0. The van der Waals surface area contributed by atoms with Crippen molar-refractivity contribution in [3.63, 3.8) is 0 Å². The molecular weight excluding hydrogens is 254 g/mol. The molecule has 3 rings (SSSR count). The van der Waals surface area contributed by atoms with Crippen LogP contribution in [0.5, 0.6) is 0 Å². The van der Waals surface area contributed by atoms with Crippen molar-refractivity contribution in [2.45, 2.75) is 51.9 Å². The highest BCUT2D eigenvalue weighted by Crippen LogP contribution is 2.33. The molecule has 0 aliphatic heterocycles. The van der Waals surface area contributed by atoms with Crippen LogP contribution in [0.15, 0.2) is 30.3 Å². The van der Waals surface area contributed by atoms with Crippen LogP contribution < -0.4 is 5.32 Å². The highest BCUT2D eigenvalue weighted by molar-refractivity contribution is 5.93. The second kappa shape index (κ2) is 7.09. The maximum absolute atomic E-state index is 3.40. The van der Waals surface area contributed by atoms with Crippen LogP contribution in [0.4, 0.5) is 0 Å². The molecular formula is C20H27N. The van der Waals surface area contributed by atoms with Crippen molar-refractivity contribution in [1.82, 2.24) is 5.32 Å². The summed E-state index contributed by atoms with van der Waals surface area (Å²) < 4.78 is 0. The van der Waals surface area contributed by atoms with Gasteiger partial charge in [-0.1, -0.05) is 50.1 Å². The van der Waals surface area contributed by atoms with Crippen LogP contribution in [0.3, 0.4) is 0 Å². The zero-order valence-electron chi connectivity index (χ0n) is 13.3. The third-order valence-electron chi connectivity index (χ3n) is 4.77. The van der Waals surface area contributed by atoms with E-state index in [4.69, 9.17) is 0 Å².